The number of phenols is 1. The van der Waals surface area contributed by atoms with E-state index in [0.29, 0.717) is 49.5 Å². The Kier molecular flexibility index (Phi) is 11.2. The average molecular weight is 774 g/mol. The van der Waals surface area contributed by atoms with Crippen LogP contribution in [-0.4, -0.2) is 80.1 Å². The molecule has 3 fully saturated rings. The number of rotatable bonds is 10. The molecule has 0 saturated carbocycles. The number of nitrogens with zero attached hydrogens (tertiary/aromatic N) is 3. The van der Waals surface area contributed by atoms with Crippen molar-refractivity contribution in [3.05, 3.63) is 118 Å². The first-order chi connectivity index (χ1) is 27.6. The van der Waals surface area contributed by atoms with Crippen LogP contribution < -0.4 is 25.6 Å². The van der Waals surface area contributed by atoms with Crippen LogP contribution in [0.15, 0.2) is 78.9 Å². The van der Waals surface area contributed by atoms with Crippen LogP contribution in [0.1, 0.15) is 82.1 Å². The number of ether oxygens (including phenoxy) is 1. The molecular formula is C46H52FN5O5. The van der Waals surface area contributed by atoms with Crippen LogP contribution in [0.5, 0.6) is 11.5 Å². The number of primary amides is 1. The lowest BCUT2D eigenvalue weighted by Gasteiger charge is -2.40. The highest BCUT2D eigenvalue weighted by molar-refractivity contribution is 5.98. The van der Waals surface area contributed by atoms with Gasteiger partial charge in [0.2, 0.25) is 17.7 Å². The van der Waals surface area contributed by atoms with Gasteiger partial charge in [-0.2, -0.15) is 0 Å². The van der Waals surface area contributed by atoms with E-state index in [4.69, 9.17) is 10.5 Å². The van der Waals surface area contributed by atoms with Gasteiger partial charge in [-0.15, -0.1) is 0 Å². The molecule has 4 aliphatic rings. The summed E-state index contributed by atoms with van der Waals surface area (Å²) in [4.78, 5) is 43.6. The number of nitrogens with two attached hydrogens (primary N) is 1. The molecule has 0 unspecified atom stereocenters. The average Bonchev–Trinajstić information content (AvgIpc) is 3.21. The Morgan fingerprint density at radius 1 is 0.860 bits per heavy atom. The summed E-state index contributed by atoms with van der Waals surface area (Å²) in [5.74, 6) is 0.0985. The monoisotopic (exact) mass is 773 g/mol. The van der Waals surface area contributed by atoms with E-state index in [1.807, 2.05) is 31.2 Å². The highest BCUT2D eigenvalue weighted by Gasteiger charge is 2.35. The number of imide groups is 1. The Morgan fingerprint density at radius 3 is 2.30 bits per heavy atom. The number of nitrogens with one attached hydrogen (secondary N) is 1. The number of fused-ring (bicyclic) bond motifs is 1. The molecule has 4 aromatic carbocycles. The summed E-state index contributed by atoms with van der Waals surface area (Å²) < 4.78 is 20.2. The lowest BCUT2D eigenvalue weighted by molar-refractivity contribution is -0.136. The highest BCUT2D eigenvalue weighted by atomic mass is 19.1. The number of piperazine rings is 1. The number of hydrogen-bond donors (Lipinski definition) is 3. The maximum Gasteiger partial charge on any atom is 0.248 e. The molecule has 4 heterocycles. The quantitative estimate of drug-likeness (QED) is 0.161. The normalized spacial score (nSPS) is 21.8. The van der Waals surface area contributed by atoms with Crippen molar-refractivity contribution < 1.29 is 28.6 Å². The van der Waals surface area contributed by atoms with Gasteiger partial charge in [0, 0.05) is 98.6 Å². The number of carbonyl (C=O) groups is 3. The number of piperidine rings is 2. The zero-order valence-electron chi connectivity index (χ0n) is 32.6. The van der Waals surface area contributed by atoms with Crippen molar-refractivity contribution >= 4 is 29.1 Å². The van der Waals surface area contributed by atoms with Crippen LogP contribution in [0.4, 0.5) is 15.8 Å². The molecular weight excluding hydrogens is 722 g/mol. The number of aromatic hydroxyl groups is 1. The SMILES string of the molecule is Cc1cc(F)ccc1[C@H]1COc2cc(O)ccc2[C@H]1c1ccc(N2CCC(CN3CCN(c4ccc(C(N)=O)c(CC[C@H]5CCC(=O)NC5=O)c4)CC3)CC2)cc1. The van der Waals surface area contributed by atoms with Gasteiger partial charge >= 0.3 is 0 Å². The largest absolute Gasteiger partial charge is 0.508 e. The van der Waals surface area contributed by atoms with Crippen LogP contribution in [0.25, 0.3) is 0 Å². The topological polar surface area (TPSA) is 128 Å². The minimum atomic E-state index is -0.469. The van der Waals surface area contributed by atoms with Gasteiger partial charge in [0.1, 0.15) is 17.3 Å². The third kappa shape index (κ3) is 8.49. The van der Waals surface area contributed by atoms with Crippen molar-refractivity contribution in [2.45, 2.75) is 57.3 Å². The number of benzene rings is 4. The minimum absolute atomic E-state index is 0.000288. The fourth-order valence-corrected chi connectivity index (χ4v) is 9.52. The Hall–Kier alpha value is -5.42. The van der Waals surface area contributed by atoms with Crippen molar-refractivity contribution in [2.24, 2.45) is 17.6 Å². The highest BCUT2D eigenvalue weighted by Crippen LogP contribution is 2.48. The molecule has 298 valence electrons. The first-order valence-electron chi connectivity index (χ1n) is 20.4. The van der Waals surface area contributed by atoms with Crippen LogP contribution in [0.2, 0.25) is 0 Å². The van der Waals surface area contributed by atoms with E-state index in [-0.39, 0.29) is 41.1 Å². The lowest BCUT2D eigenvalue weighted by Crippen LogP contribution is -2.49. The first kappa shape index (κ1) is 38.5. The summed E-state index contributed by atoms with van der Waals surface area (Å²) in [6.45, 7) is 9.23. The Balaban J connectivity index is 0.855. The fraction of sp³-hybridized carbons (Fsp3) is 0.413. The standard InChI is InChI=1S/C46H52FN5O5/c1-29-24-34(47)7-12-38(29)41-28-57-42-26-37(53)11-14-40(42)44(41)31-4-8-35(9-5-31)51-18-16-30(17-19-51)27-50-20-22-52(23-21-50)36-10-13-39(45(48)55)33(25-36)3-2-32-6-15-43(54)49-46(32)56/h4-5,7-14,24-26,30,32,41,44,53H,2-3,6,15-23,27-28H2,1H3,(H2,48,55)(H,49,54,56)/t32-,41+,44+/m0/s1. The van der Waals surface area contributed by atoms with E-state index in [1.54, 1.807) is 18.2 Å². The Labute approximate surface area is 333 Å². The van der Waals surface area contributed by atoms with Crippen LogP contribution in [0, 0.1) is 24.6 Å². The van der Waals surface area contributed by atoms with E-state index >= 15 is 0 Å². The molecule has 0 aliphatic carbocycles. The van der Waals surface area contributed by atoms with Crippen molar-refractivity contribution in [3.8, 4) is 11.5 Å². The maximum atomic E-state index is 14.1. The summed E-state index contributed by atoms with van der Waals surface area (Å²) in [6.07, 6.45) is 4.27. The minimum Gasteiger partial charge on any atom is -0.508 e. The zero-order chi connectivity index (χ0) is 39.6. The summed E-state index contributed by atoms with van der Waals surface area (Å²) in [7, 11) is 0. The second kappa shape index (κ2) is 16.6. The molecule has 57 heavy (non-hydrogen) atoms. The predicted molar refractivity (Wildman–Crippen MR) is 219 cm³/mol. The van der Waals surface area contributed by atoms with Gasteiger partial charge < -0.3 is 25.4 Å². The van der Waals surface area contributed by atoms with E-state index in [0.717, 1.165) is 86.6 Å². The summed E-state index contributed by atoms with van der Waals surface area (Å²) >= 11 is 0. The molecule has 3 atom stereocenters. The maximum absolute atomic E-state index is 14.1. The van der Waals surface area contributed by atoms with Crippen molar-refractivity contribution in [3.63, 3.8) is 0 Å². The summed E-state index contributed by atoms with van der Waals surface area (Å²) in [6, 6.07) is 25.1. The third-order valence-corrected chi connectivity index (χ3v) is 12.7. The van der Waals surface area contributed by atoms with Crippen molar-refractivity contribution in [1.82, 2.24) is 10.2 Å². The molecule has 3 amide bonds. The third-order valence-electron chi connectivity index (χ3n) is 12.7. The number of aryl methyl sites for hydroxylation is 2. The number of phenolic OH excluding ortho intramolecular Hbond substituents is 1. The fourth-order valence-electron chi connectivity index (χ4n) is 9.52. The summed E-state index contributed by atoms with van der Waals surface area (Å²) in [5, 5.41) is 12.6. The van der Waals surface area contributed by atoms with Crippen LogP contribution in [0.3, 0.4) is 0 Å². The summed E-state index contributed by atoms with van der Waals surface area (Å²) in [5.41, 5.74) is 13.5. The van der Waals surface area contributed by atoms with E-state index < -0.39 is 5.91 Å². The number of anilines is 2. The lowest BCUT2D eigenvalue weighted by atomic mass is 9.75. The second-order valence-electron chi connectivity index (χ2n) is 16.3. The zero-order valence-corrected chi connectivity index (χ0v) is 32.6. The van der Waals surface area contributed by atoms with Crippen molar-refractivity contribution in [2.75, 3.05) is 62.2 Å². The molecule has 8 rings (SSSR count). The van der Waals surface area contributed by atoms with E-state index in [9.17, 15) is 23.9 Å². The predicted octanol–water partition coefficient (Wildman–Crippen LogP) is 6.27. The molecule has 11 heteroatoms. The number of amides is 3. The molecule has 0 aromatic heterocycles. The molecule has 3 saturated heterocycles. The number of carbonyl (C=O) groups excluding carboxylic acids is 3. The van der Waals surface area contributed by atoms with Gasteiger partial charge in [-0.1, -0.05) is 24.3 Å². The van der Waals surface area contributed by atoms with Gasteiger partial charge in [-0.3, -0.25) is 24.6 Å². The van der Waals surface area contributed by atoms with Gasteiger partial charge in [0.05, 0.1) is 6.61 Å². The number of halogens is 1. The second-order valence-corrected chi connectivity index (χ2v) is 16.3. The Morgan fingerprint density at radius 2 is 1.58 bits per heavy atom. The molecule has 10 nitrogen and oxygen atoms in total. The molecule has 4 aliphatic heterocycles. The molecule has 4 aromatic rings. The first-order valence-corrected chi connectivity index (χ1v) is 20.4. The number of hydrogen-bond acceptors (Lipinski definition) is 8. The van der Waals surface area contributed by atoms with Crippen LogP contribution >= 0.6 is 0 Å². The van der Waals surface area contributed by atoms with Gasteiger partial charge in [-0.25, -0.2) is 4.39 Å². The smallest absolute Gasteiger partial charge is 0.248 e. The van der Waals surface area contributed by atoms with Gasteiger partial charge in [0.25, 0.3) is 0 Å². The van der Waals surface area contributed by atoms with E-state index in [1.165, 1.54) is 17.3 Å². The molecule has 0 bridgehead atoms. The molecule has 4 N–H and O–H groups in total. The molecule has 0 radical (unpaired) electrons. The molecule has 0 spiro atoms. The van der Waals surface area contributed by atoms with Gasteiger partial charge in [-0.05, 0) is 116 Å². The van der Waals surface area contributed by atoms with Crippen molar-refractivity contribution in [1.29, 1.82) is 0 Å². The van der Waals surface area contributed by atoms with Gasteiger partial charge in [0.15, 0.2) is 0 Å². The van der Waals surface area contributed by atoms with E-state index in [2.05, 4.69) is 50.3 Å². The Bertz CT molecular complexity index is 2130. The van der Waals surface area contributed by atoms with Crippen LogP contribution in [-0.2, 0) is 16.0 Å².